The summed E-state index contributed by atoms with van der Waals surface area (Å²) in [5, 5.41) is 9.45. The van der Waals surface area contributed by atoms with Crippen molar-refractivity contribution >= 4 is 17.7 Å². The summed E-state index contributed by atoms with van der Waals surface area (Å²) in [6, 6.07) is 21.3. The highest BCUT2D eigenvalue weighted by Gasteiger charge is 2.25. The molecular weight excluding hydrogens is 462 g/mol. The number of benzene rings is 2. The van der Waals surface area contributed by atoms with Crippen molar-refractivity contribution in [2.45, 2.75) is 18.2 Å². The van der Waals surface area contributed by atoms with E-state index in [9.17, 15) is 4.79 Å². The predicted molar refractivity (Wildman–Crippen MR) is 134 cm³/mol. The van der Waals surface area contributed by atoms with Crippen LogP contribution in [0.15, 0.2) is 84.3 Å². The molecule has 2 aromatic carbocycles. The molecule has 4 aromatic rings. The molecule has 0 bridgehead atoms. The van der Waals surface area contributed by atoms with Crippen LogP contribution in [0.5, 0.6) is 11.5 Å². The third-order valence-electron chi connectivity index (χ3n) is 5.62. The number of pyridine rings is 1. The lowest BCUT2D eigenvalue weighted by Crippen LogP contribution is -2.44. The van der Waals surface area contributed by atoms with E-state index in [2.05, 4.69) is 15.2 Å². The molecule has 9 heteroatoms. The number of ether oxygens (including phenoxy) is 2. The highest BCUT2D eigenvalue weighted by molar-refractivity contribution is 7.99. The Morgan fingerprint density at radius 3 is 2.63 bits per heavy atom. The molecule has 0 saturated carbocycles. The van der Waals surface area contributed by atoms with E-state index < -0.39 is 0 Å². The molecule has 178 valence electrons. The van der Waals surface area contributed by atoms with Crippen molar-refractivity contribution in [3.05, 3.63) is 79.1 Å². The maximum Gasteiger partial charge on any atom is 0.233 e. The lowest BCUT2D eigenvalue weighted by molar-refractivity contribution is -0.129. The van der Waals surface area contributed by atoms with Gasteiger partial charge in [0.2, 0.25) is 5.91 Å². The Balaban J connectivity index is 1.30. The zero-order valence-corrected chi connectivity index (χ0v) is 20.1. The van der Waals surface area contributed by atoms with Gasteiger partial charge in [0.15, 0.2) is 28.6 Å². The van der Waals surface area contributed by atoms with Crippen LogP contribution < -0.4 is 9.47 Å². The van der Waals surface area contributed by atoms with Gasteiger partial charge in [-0.05, 0) is 43.3 Å². The second-order valence-electron chi connectivity index (χ2n) is 7.94. The number of amides is 1. The van der Waals surface area contributed by atoms with E-state index in [-0.39, 0.29) is 17.8 Å². The monoisotopic (exact) mass is 487 g/mol. The van der Waals surface area contributed by atoms with Crippen molar-refractivity contribution in [3.8, 4) is 28.6 Å². The predicted octanol–water partition coefficient (Wildman–Crippen LogP) is 4.11. The van der Waals surface area contributed by atoms with Gasteiger partial charge in [-0.1, -0.05) is 42.1 Å². The fourth-order valence-corrected chi connectivity index (χ4v) is 4.73. The highest BCUT2D eigenvalue weighted by atomic mass is 32.2. The van der Waals surface area contributed by atoms with Gasteiger partial charge in [-0.15, -0.1) is 10.2 Å². The summed E-state index contributed by atoms with van der Waals surface area (Å²) >= 11 is 1.37. The molecule has 1 aliphatic heterocycles. The molecule has 3 heterocycles. The SMILES string of the molecule is CCN(CC1COc2ccccc2O1)C(=O)CSc1nnc(-c2cccnc2)n1-c1ccccc1. The minimum Gasteiger partial charge on any atom is -0.486 e. The first kappa shape index (κ1) is 22.9. The van der Waals surface area contributed by atoms with E-state index in [0.29, 0.717) is 36.4 Å². The molecule has 1 atom stereocenters. The Morgan fingerprint density at radius 1 is 1.06 bits per heavy atom. The van der Waals surface area contributed by atoms with Crippen LogP contribution in [0.3, 0.4) is 0 Å². The van der Waals surface area contributed by atoms with Crippen LogP contribution in [0, 0.1) is 0 Å². The van der Waals surface area contributed by atoms with Gasteiger partial charge in [-0.25, -0.2) is 0 Å². The van der Waals surface area contributed by atoms with E-state index in [1.54, 1.807) is 17.3 Å². The second-order valence-corrected chi connectivity index (χ2v) is 8.88. The number of rotatable bonds is 8. The van der Waals surface area contributed by atoms with Gasteiger partial charge in [-0.3, -0.25) is 14.3 Å². The smallest absolute Gasteiger partial charge is 0.233 e. The fourth-order valence-electron chi connectivity index (χ4n) is 3.88. The molecule has 2 aromatic heterocycles. The molecule has 0 radical (unpaired) electrons. The van der Waals surface area contributed by atoms with E-state index in [0.717, 1.165) is 17.0 Å². The Kier molecular flexibility index (Phi) is 6.94. The summed E-state index contributed by atoms with van der Waals surface area (Å²) in [7, 11) is 0. The third-order valence-corrected chi connectivity index (χ3v) is 6.53. The van der Waals surface area contributed by atoms with Crippen molar-refractivity contribution in [2.24, 2.45) is 0 Å². The molecule has 0 N–H and O–H groups in total. The van der Waals surface area contributed by atoms with Crippen molar-refractivity contribution < 1.29 is 14.3 Å². The zero-order valence-electron chi connectivity index (χ0n) is 19.3. The van der Waals surface area contributed by atoms with Gasteiger partial charge in [0.25, 0.3) is 0 Å². The lowest BCUT2D eigenvalue weighted by atomic mass is 10.2. The van der Waals surface area contributed by atoms with Gasteiger partial charge >= 0.3 is 0 Å². The number of carbonyl (C=O) groups excluding carboxylic acids is 1. The van der Waals surface area contributed by atoms with Crippen molar-refractivity contribution in [2.75, 3.05) is 25.4 Å². The molecule has 0 spiro atoms. The van der Waals surface area contributed by atoms with E-state index in [4.69, 9.17) is 9.47 Å². The van der Waals surface area contributed by atoms with E-state index in [1.807, 2.05) is 78.2 Å². The molecule has 8 nitrogen and oxygen atoms in total. The minimum atomic E-state index is -0.219. The summed E-state index contributed by atoms with van der Waals surface area (Å²) < 4.78 is 13.8. The molecule has 1 amide bonds. The van der Waals surface area contributed by atoms with Gasteiger partial charge in [0.05, 0.1) is 12.3 Å². The number of likely N-dealkylation sites (N-methyl/N-ethyl adjacent to an activating group) is 1. The highest BCUT2D eigenvalue weighted by Crippen LogP contribution is 2.31. The Morgan fingerprint density at radius 2 is 1.86 bits per heavy atom. The number of carbonyl (C=O) groups is 1. The standard InChI is InChI=1S/C26H25N5O3S/c1-2-30(16-21-17-33-22-12-6-7-13-23(22)34-21)24(32)18-35-26-29-28-25(19-9-8-14-27-15-19)31(26)20-10-4-3-5-11-20/h3-15,21H,2,16-18H2,1H3. The van der Waals surface area contributed by atoms with Gasteiger partial charge in [0.1, 0.15) is 6.61 Å². The summed E-state index contributed by atoms with van der Waals surface area (Å²) in [5.74, 6) is 2.36. The van der Waals surface area contributed by atoms with Crippen molar-refractivity contribution in [1.29, 1.82) is 0 Å². The van der Waals surface area contributed by atoms with E-state index in [1.165, 1.54) is 11.8 Å². The quantitative estimate of drug-likeness (QED) is 0.346. The summed E-state index contributed by atoms with van der Waals surface area (Å²) in [4.78, 5) is 19.1. The Hall–Kier alpha value is -3.85. The molecule has 35 heavy (non-hydrogen) atoms. The van der Waals surface area contributed by atoms with Crippen LogP contribution >= 0.6 is 11.8 Å². The molecule has 5 rings (SSSR count). The van der Waals surface area contributed by atoms with Crippen LogP contribution in [-0.4, -0.2) is 62.1 Å². The first-order valence-corrected chi connectivity index (χ1v) is 12.4. The average molecular weight is 488 g/mol. The molecule has 0 fully saturated rings. The van der Waals surface area contributed by atoms with Crippen LogP contribution in [0.2, 0.25) is 0 Å². The van der Waals surface area contributed by atoms with Crippen molar-refractivity contribution in [1.82, 2.24) is 24.6 Å². The number of nitrogens with zero attached hydrogens (tertiary/aromatic N) is 5. The third kappa shape index (κ3) is 5.14. The molecular formula is C26H25N5O3S. The first-order valence-electron chi connectivity index (χ1n) is 11.4. The van der Waals surface area contributed by atoms with Crippen molar-refractivity contribution in [3.63, 3.8) is 0 Å². The lowest BCUT2D eigenvalue weighted by Gasteiger charge is -2.30. The van der Waals surface area contributed by atoms with Gasteiger partial charge in [-0.2, -0.15) is 0 Å². The molecule has 1 aliphatic rings. The van der Waals surface area contributed by atoms with Crippen LogP contribution in [0.25, 0.3) is 17.1 Å². The zero-order chi connectivity index (χ0) is 24.0. The minimum absolute atomic E-state index is 0.00509. The van der Waals surface area contributed by atoms with Gasteiger partial charge in [0, 0.05) is 30.2 Å². The maximum atomic E-state index is 13.1. The van der Waals surface area contributed by atoms with Crippen LogP contribution in [0.1, 0.15) is 6.92 Å². The first-order chi connectivity index (χ1) is 17.2. The average Bonchev–Trinajstić information content (AvgIpc) is 3.35. The molecule has 1 unspecified atom stereocenters. The van der Waals surface area contributed by atoms with Crippen LogP contribution in [-0.2, 0) is 4.79 Å². The number of hydrogen-bond donors (Lipinski definition) is 0. The fraction of sp³-hybridized carbons (Fsp3) is 0.231. The molecule has 0 aliphatic carbocycles. The number of para-hydroxylation sites is 3. The Labute approximate surface area is 207 Å². The maximum absolute atomic E-state index is 13.1. The number of thioether (sulfide) groups is 1. The summed E-state index contributed by atoms with van der Waals surface area (Å²) in [5.41, 5.74) is 1.78. The number of hydrogen-bond acceptors (Lipinski definition) is 7. The summed E-state index contributed by atoms with van der Waals surface area (Å²) in [6.07, 6.45) is 3.26. The van der Waals surface area contributed by atoms with E-state index >= 15 is 0 Å². The van der Waals surface area contributed by atoms with Gasteiger partial charge < -0.3 is 14.4 Å². The number of aromatic nitrogens is 4. The second kappa shape index (κ2) is 10.6. The normalized spacial score (nSPS) is 14.5. The summed E-state index contributed by atoms with van der Waals surface area (Å²) in [6.45, 7) is 3.40. The van der Waals surface area contributed by atoms with Crippen LogP contribution in [0.4, 0.5) is 0 Å². The topological polar surface area (TPSA) is 82.4 Å². The molecule has 0 saturated heterocycles. The number of fused-ring (bicyclic) bond motifs is 1. The Bertz CT molecular complexity index is 1280. The largest absolute Gasteiger partial charge is 0.486 e.